The second-order valence-corrected chi connectivity index (χ2v) is 6.28. The number of urea groups is 1. The van der Waals surface area contributed by atoms with Crippen molar-refractivity contribution in [1.82, 2.24) is 10.6 Å². The van der Waals surface area contributed by atoms with Gasteiger partial charge in [0.2, 0.25) is 0 Å². The summed E-state index contributed by atoms with van der Waals surface area (Å²) in [6.45, 7) is 7.88. The molecule has 0 bridgehead atoms. The molecule has 1 aromatic rings. The highest BCUT2D eigenvalue weighted by atomic mass is 79.9. The summed E-state index contributed by atoms with van der Waals surface area (Å²) in [7, 11) is 1.30. The van der Waals surface area contributed by atoms with E-state index in [1.807, 2.05) is 6.92 Å². The predicted octanol–water partition coefficient (Wildman–Crippen LogP) is 3.21. The topological polar surface area (TPSA) is 85.9 Å². The number of hydrogen-bond acceptors (Lipinski definition) is 5. The van der Waals surface area contributed by atoms with Gasteiger partial charge < -0.3 is 24.8 Å². The SMILES string of the molecule is C=CCOc1c(Br)cc(C2NC(=O)NC(C)=C2C(=O)OC)cc1OCC. The zero-order valence-corrected chi connectivity index (χ0v) is 16.4. The van der Waals surface area contributed by atoms with Crippen molar-refractivity contribution in [3.63, 3.8) is 0 Å². The van der Waals surface area contributed by atoms with Crippen LogP contribution in [0, 0.1) is 0 Å². The van der Waals surface area contributed by atoms with Crippen LogP contribution in [0.1, 0.15) is 25.5 Å². The summed E-state index contributed by atoms with van der Waals surface area (Å²) in [6, 6.07) is 2.42. The van der Waals surface area contributed by atoms with Gasteiger partial charge in [0.15, 0.2) is 11.5 Å². The highest BCUT2D eigenvalue weighted by Gasteiger charge is 2.33. The number of benzene rings is 1. The Bertz CT molecular complexity index is 760. The Hall–Kier alpha value is -2.48. The second-order valence-electron chi connectivity index (χ2n) is 5.42. The standard InChI is InChI=1S/C18H21BrN2O5/c1-5-7-26-16-12(19)8-11(9-13(16)25-6-2)15-14(17(22)24-4)10(3)20-18(23)21-15/h5,8-9,15H,1,6-7H2,2-4H3,(H2,20,21,23). The molecule has 140 valence electrons. The van der Waals surface area contributed by atoms with Crippen LogP contribution in [0.5, 0.6) is 11.5 Å². The number of allylic oxidation sites excluding steroid dienone is 1. The summed E-state index contributed by atoms with van der Waals surface area (Å²) >= 11 is 3.47. The summed E-state index contributed by atoms with van der Waals surface area (Å²) in [5, 5.41) is 5.33. The van der Waals surface area contributed by atoms with E-state index in [0.29, 0.717) is 46.0 Å². The molecule has 0 radical (unpaired) electrons. The maximum absolute atomic E-state index is 12.2. The molecule has 1 heterocycles. The van der Waals surface area contributed by atoms with Crippen LogP contribution in [-0.2, 0) is 9.53 Å². The van der Waals surface area contributed by atoms with Crippen molar-refractivity contribution in [2.24, 2.45) is 0 Å². The summed E-state index contributed by atoms with van der Waals surface area (Å²) < 4.78 is 16.8. The number of rotatable bonds is 7. The molecule has 26 heavy (non-hydrogen) atoms. The summed E-state index contributed by atoms with van der Waals surface area (Å²) in [4.78, 5) is 24.2. The fourth-order valence-electron chi connectivity index (χ4n) is 2.62. The molecule has 1 atom stereocenters. The zero-order valence-electron chi connectivity index (χ0n) is 14.8. The van der Waals surface area contributed by atoms with Crippen molar-refractivity contribution in [2.45, 2.75) is 19.9 Å². The molecule has 0 aromatic heterocycles. The summed E-state index contributed by atoms with van der Waals surface area (Å²) in [5.41, 5.74) is 1.41. The average Bonchev–Trinajstić information content (AvgIpc) is 2.60. The van der Waals surface area contributed by atoms with Crippen LogP contribution in [0.3, 0.4) is 0 Å². The number of amides is 2. The Labute approximate surface area is 160 Å². The lowest BCUT2D eigenvalue weighted by Gasteiger charge is -2.28. The first-order valence-electron chi connectivity index (χ1n) is 7.99. The maximum Gasteiger partial charge on any atom is 0.337 e. The number of carbonyl (C=O) groups is 2. The lowest BCUT2D eigenvalue weighted by Crippen LogP contribution is -2.45. The number of esters is 1. The van der Waals surface area contributed by atoms with Gasteiger partial charge in [0.1, 0.15) is 6.61 Å². The minimum absolute atomic E-state index is 0.314. The van der Waals surface area contributed by atoms with E-state index >= 15 is 0 Å². The number of carbonyl (C=O) groups excluding carboxylic acids is 2. The molecular formula is C18H21BrN2O5. The number of ether oxygens (including phenoxy) is 3. The molecule has 1 aliphatic heterocycles. The highest BCUT2D eigenvalue weighted by Crippen LogP contribution is 2.40. The number of halogens is 1. The van der Waals surface area contributed by atoms with Crippen LogP contribution in [0.4, 0.5) is 4.79 Å². The van der Waals surface area contributed by atoms with Crippen LogP contribution in [0.25, 0.3) is 0 Å². The van der Waals surface area contributed by atoms with Crippen molar-refractivity contribution in [3.8, 4) is 11.5 Å². The van der Waals surface area contributed by atoms with Crippen LogP contribution >= 0.6 is 15.9 Å². The van der Waals surface area contributed by atoms with Gasteiger partial charge in [0.05, 0.1) is 29.8 Å². The van der Waals surface area contributed by atoms with Gasteiger partial charge >= 0.3 is 12.0 Å². The molecule has 2 N–H and O–H groups in total. The molecular weight excluding hydrogens is 404 g/mol. The largest absolute Gasteiger partial charge is 0.490 e. The van der Waals surface area contributed by atoms with Gasteiger partial charge in [0, 0.05) is 5.70 Å². The first-order valence-corrected chi connectivity index (χ1v) is 8.78. The van der Waals surface area contributed by atoms with Crippen molar-refractivity contribution in [1.29, 1.82) is 0 Å². The zero-order chi connectivity index (χ0) is 19.3. The molecule has 7 nitrogen and oxygen atoms in total. The van der Waals surface area contributed by atoms with Crippen molar-refractivity contribution in [2.75, 3.05) is 20.3 Å². The van der Waals surface area contributed by atoms with Crippen molar-refractivity contribution >= 4 is 27.9 Å². The normalized spacial score (nSPS) is 16.5. The molecule has 8 heteroatoms. The van der Waals surface area contributed by atoms with Crippen LogP contribution < -0.4 is 20.1 Å². The smallest absolute Gasteiger partial charge is 0.337 e. The van der Waals surface area contributed by atoms with E-state index in [4.69, 9.17) is 14.2 Å². The molecule has 1 unspecified atom stereocenters. The van der Waals surface area contributed by atoms with Crippen molar-refractivity contribution < 1.29 is 23.8 Å². The van der Waals surface area contributed by atoms with E-state index in [9.17, 15) is 9.59 Å². The van der Waals surface area contributed by atoms with Crippen LogP contribution in [-0.4, -0.2) is 32.3 Å². The Morgan fingerprint density at radius 2 is 2.12 bits per heavy atom. The Morgan fingerprint density at radius 1 is 1.38 bits per heavy atom. The molecule has 0 fully saturated rings. The van der Waals surface area contributed by atoms with Crippen molar-refractivity contribution in [3.05, 3.63) is 46.1 Å². The molecule has 1 aromatic carbocycles. The lowest BCUT2D eigenvalue weighted by atomic mass is 9.95. The third-order valence-corrected chi connectivity index (χ3v) is 4.27. The quantitative estimate of drug-likeness (QED) is 0.518. The third kappa shape index (κ3) is 4.19. The monoisotopic (exact) mass is 424 g/mol. The Balaban J connectivity index is 2.54. The van der Waals surface area contributed by atoms with E-state index in [0.717, 1.165) is 0 Å². The van der Waals surface area contributed by atoms with E-state index in [1.54, 1.807) is 25.1 Å². The number of methoxy groups -OCH3 is 1. The molecule has 0 saturated heterocycles. The van der Waals surface area contributed by atoms with Gasteiger partial charge in [-0.25, -0.2) is 9.59 Å². The van der Waals surface area contributed by atoms with Gasteiger partial charge in [-0.2, -0.15) is 0 Å². The first-order chi connectivity index (χ1) is 12.4. The van der Waals surface area contributed by atoms with E-state index < -0.39 is 18.0 Å². The van der Waals surface area contributed by atoms with Gasteiger partial charge in [-0.15, -0.1) is 0 Å². The Morgan fingerprint density at radius 3 is 2.73 bits per heavy atom. The highest BCUT2D eigenvalue weighted by molar-refractivity contribution is 9.10. The minimum Gasteiger partial charge on any atom is -0.490 e. The summed E-state index contributed by atoms with van der Waals surface area (Å²) in [6.07, 6.45) is 1.63. The predicted molar refractivity (Wildman–Crippen MR) is 100 cm³/mol. The Kier molecular flexibility index (Phi) is 6.68. The fourth-order valence-corrected chi connectivity index (χ4v) is 3.20. The number of hydrogen-bond donors (Lipinski definition) is 2. The lowest BCUT2D eigenvalue weighted by molar-refractivity contribution is -0.136. The second kappa shape index (κ2) is 8.75. The first kappa shape index (κ1) is 19.8. The van der Waals surface area contributed by atoms with Gasteiger partial charge in [-0.05, 0) is 47.5 Å². The molecule has 0 aliphatic carbocycles. The molecule has 1 aliphatic rings. The summed E-state index contributed by atoms with van der Waals surface area (Å²) in [5.74, 6) is 0.491. The molecule has 2 rings (SSSR count). The fraction of sp³-hybridized carbons (Fsp3) is 0.333. The molecule has 2 amide bonds. The molecule has 0 spiro atoms. The van der Waals surface area contributed by atoms with Gasteiger partial charge in [-0.1, -0.05) is 12.7 Å². The van der Waals surface area contributed by atoms with Gasteiger partial charge in [-0.3, -0.25) is 0 Å². The van der Waals surface area contributed by atoms with E-state index in [-0.39, 0.29) is 0 Å². The molecule has 0 saturated carbocycles. The minimum atomic E-state index is -0.680. The van der Waals surface area contributed by atoms with Gasteiger partial charge in [0.25, 0.3) is 0 Å². The van der Waals surface area contributed by atoms with E-state index in [1.165, 1.54) is 7.11 Å². The van der Waals surface area contributed by atoms with Crippen LogP contribution in [0.2, 0.25) is 0 Å². The van der Waals surface area contributed by atoms with Crippen LogP contribution in [0.15, 0.2) is 40.5 Å². The third-order valence-electron chi connectivity index (χ3n) is 3.69. The number of nitrogens with one attached hydrogen (secondary N) is 2. The average molecular weight is 425 g/mol. The maximum atomic E-state index is 12.2. The van der Waals surface area contributed by atoms with E-state index in [2.05, 4.69) is 33.1 Å².